The number of hydrogen-bond acceptors (Lipinski definition) is 2. The Morgan fingerprint density at radius 1 is 1.16 bits per heavy atom. The molecule has 0 aliphatic rings. The number of pyridine rings is 1. The monoisotopic (exact) mass is 275 g/mol. The third kappa shape index (κ3) is 3.99. The maximum atomic E-state index is 12.8. The number of nitrogens with one attached hydrogen (secondary N) is 2. The highest BCUT2D eigenvalue weighted by atomic mass is 32.1. The minimum absolute atomic E-state index is 0.0726. The van der Waals surface area contributed by atoms with Crippen molar-refractivity contribution in [3.63, 3.8) is 0 Å². The lowest BCUT2D eigenvalue weighted by Crippen LogP contribution is -2.30. The SMILES string of the molecule is CC(NC(=S)Nc1ccc(F)cc1)c1ccncc1. The van der Waals surface area contributed by atoms with Gasteiger partial charge >= 0.3 is 0 Å². The fraction of sp³-hybridized carbons (Fsp3) is 0.143. The maximum absolute atomic E-state index is 12.8. The quantitative estimate of drug-likeness (QED) is 0.843. The topological polar surface area (TPSA) is 37.0 Å². The fourth-order valence-electron chi connectivity index (χ4n) is 1.63. The van der Waals surface area contributed by atoms with E-state index in [0.717, 1.165) is 11.3 Å². The van der Waals surface area contributed by atoms with Crippen molar-refractivity contribution in [3.8, 4) is 0 Å². The Labute approximate surface area is 116 Å². The Hall–Kier alpha value is -2.01. The average molecular weight is 275 g/mol. The second kappa shape index (κ2) is 6.24. The van der Waals surface area contributed by atoms with Gasteiger partial charge in [0, 0.05) is 18.1 Å². The molecule has 2 N–H and O–H groups in total. The molecule has 0 spiro atoms. The first kappa shape index (κ1) is 13.4. The van der Waals surface area contributed by atoms with Crippen molar-refractivity contribution in [2.45, 2.75) is 13.0 Å². The van der Waals surface area contributed by atoms with Gasteiger partial charge in [-0.1, -0.05) is 0 Å². The molecule has 0 saturated carbocycles. The number of anilines is 1. The van der Waals surface area contributed by atoms with Gasteiger partial charge in [0.2, 0.25) is 0 Å². The molecular formula is C14H14FN3S. The molecule has 0 bridgehead atoms. The van der Waals surface area contributed by atoms with Crippen LogP contribution in [0.2, 0.25) is 0 Å². The van der Waals surface area contributed by atoms with Gasteiger partial charge in [0.05, 0.1) is 6.04 Å². The third-order valence-electron chi connectivity index (χ3n) is 2.66. The molecule has 19 heavy (non-hydrogen) atoms. The molecule has 1 atom stereocenters. The van der Waals surface area contributed by atoms with Crippen LogP contribution in [0.25, 0.3) is 0 Å². The van der Waals surface area contributed by atoms with E-state index in [9.17, 15) is 4.39 Å². The van der Waals surface area contributed by atoms with Crippen LogP contribution < -0.4 is 10.6 Å². The summed E-state index contributed by atoms with van der Waals surface area (Å²) in [5.41, 5.74) is 1.85. The van der Waals surface area contributed by atoms with Gasteiger partial charge in [-0.15, -0.1) is 0 Å². The number of aromatic nitrogens is 1. The third-order valence-corrected chi connectivity index (χ3v) is 2.88. The van der Waals surface area contributed by atoms with Crippen LogP contribution in [-0.4, -0.2) is 10.1 Å². The van der Waals surface area contributed by atoms with Crippen LogP contribution in [0, 0.1) is 5.82 Å². The summed E-state index contributed by atoms with van der Waals surface area (Å²) in [6.07, 6.45) is 3.48. The first-order valence-electron chi connectivity index (χ1n) is 5.88. The summed E-state index contributed by atoms with van der Waals surface area (Å²) < 4.78 is 12.8. The van der Waals surface area contributed by atoms with Crippen molar-refractivity contribution in [3.05, 3.63) is 60.2 Å². The summed E-state index contributed by atoms with van der Waals surface area (Å²) in [5.74, 6) is -0.269. The Morgan fingerprint density at radius 2 is 1.79 bits per heavy atom. The van der Waals surface area contributed by atoms with Crippen molar-refractivity contribution in [1.82, 2.24) is 10.3 Å². The van der Waals surface area contributed by atoms with Crippen molar-refractivity contribution in [2.75, 3.05) is 5.32 Å². The molecule has 98 valence electrons. The highest BCUT2D eigenvalue weighted by Gasteiger charge is 2.06. The van der Waals surface area contributed by atoms with Gasteiger partial charge in [-0.3, -0.25) is 4.98 Å². The highest BCUT2D eigenvalue weighted by Crippen LogP contribution is 2.12. The largest absolute Gasteiger partial charge is 0.356 e. The highest BCUT2D eigenvalue weighted by molar-refractivity contribution is 7.80. The zero-order valence-corrected chi connectivity index (χ0v) is 11.2. The predicted octanol–water partition coefficient (Wildman–Crippen LogP) is 3.27. The van der Waals surface area contributed by atoms with Gasteiger partial charge in [0.15, 0.2) is 5.11 Å². The first-order valence-corrected chi connectivity index (χ1v) is 6.29. The standard InChI is InChI=1S/C14H14FN3S/c1-10(11-6-8-16-9-7-11)17-14(19)18-13-4-2-12(15)3-5-13/h2-10H,1H3,(H2,17,18,19). The Bertz CT molecular complexity index is 542. The van der Waals surface area contributed by atoms with Crippen LogP contribution in [0.5, 0.6) is 0 Å². The smallest absolute Gasteiger partial charge is 0.171 e. The van der Waals surface area contributed by atoms with E-state index in [4.69, 9.17) is 12.2 Å². The minimum atomic E-state index is -0.269. The van der Waals surface area contributed by atoms with E-state index < -0.39 is 0 Å². The lowest BCUT2D eigenvalue weighted by molar-refractivity contribution is 0.628. The Balaban J connectivity index is 1.93. The van der Waals surface area contributed by atoms with Crippen molar-refractivity contribution < 1.29 is 4.39 Å². The van der Waals surface area contributed by atoms with Gasteiger partial charge in [-0.05, 0) is 61.1 Å². The van der Waals surface area contributed by atoms with Crippen molar-refractivity contribution in [1.29, 1.82) is 0 Å². The molecule has 0 amide bonds. The zero-order valence-electron chi connectivity index (χ0n) is 10.4. The molecule has 3 nitrogen and oxygen atoms in total. The number of rotatable bonds is 3. The number of thiocarbonyl (C=S) groups is 1. The van der Waals surface area contributed by atoms with Crippen LogP contribution in [-0.2, 0) is 0 Å². The molecule has 1 aromatic heterocycles. The Morgan fingerprint density at radius 3 is 2.42 bits per heavy atom. The van der Waals surface area contributed by atoms with Crippen LogP contribution in [0.4, 0.5) is 10.1 Å². The molecule has 0 radical (unpaired) electrons. The summed E-state index contributed by atoms with van der Waals surface area (Å²) in [6.45, 7) is 2.01. The lowest BCUT2D eigenvalue weighted by atomic mass is 10.1. The maximum Gasteiger partial charge on any atom is 0.171 e. The summed E-state index contributed by atoms with van der Waals surface area (Å²) in [6, 6.07) is 9.98. The molecule has 0 fully saturated rings. The van der Waals surface area contributed by atoms with Gasteiger partial charge < -0.3 is 10.6 Å². The summed E-state index contributed by atoms with van der Waals surface area (Å²) in [4.78, 5) is 3.97. The predicted molar refractivity (Wildman–Crippen MR) is 78.4 cm³/mol. The molecule has 1 unspecified atom stereocenters. The Kier molecular flexibility index (Phi) is 4.41. The molecule has 1 heterocycles. The van der Waals surface area contributed by atoms with E-state index in [0.29, 0.717) is 5.11 Å². The van der Waals surface area contributed by atoms with Crippen molar-refractivity contribution in [2.24, 2.45) is 0 Å². The van der Waals surface area contributed by atoms with E-state index in [1.807, 2.05) is 19.1 Å². The van der Waals surface area contributed by atoms with E-state index in [2.05, 4.69) is 15.6 Å². The van der Waals surface area contributed by atoms with Gasteiger partial charge in [-0.25, -0.2) is 4.39 Å². The normalized spacial score (nSPS) is 11.7. The second-order valence-corrected chi connectivity index (χ2v) is 4.52. The summed E-state index contributed by atoms with van der Waals surface area (Å²) >= 11 is 5.21. The van der Waals surface area contributed by atoms with Crippen LogP contribution in [0.1, 0.15) is 18.5 Å². The average Bonchev–Trinajstić information content (AvgIpc) is 2.42. The van der Waals surface area contributed by atoms with Gasteiger partial charge in [0.25, 0.3) is 0 Å². The van der Waals surface area contributed by atoms with Gasteiger partial charge in [0.1, 0.15) is 5.82 Å². The van der Waals surface area contributed by atoms with Crippen LogP contribution in [0.3, 0.4) is 0 Å². The number of hydrogen-bond donors (Lipinski definition) is 2. The van der Waals surface area contributed by atoms with E-state index in [1.165, 1.54) is 12.1 Å². The van der Waals surface area contributed by atoms with Gasteiger partial charge in [-0.2, -0.15) is 0 Å². The zero-order chi connectivity index (χ0) is 13.7. The van der Waals surface area contributed by atoms with Crippen LogP contribution in [0.15, 0.2) is 48.8 Å². The first-order chi connectivity index (χ1) is 9.15. The van der Waals surface area contributed by atoms with E-state index in [-0.39, 0.29) is 11.9 Å². The van der Waals surface area contributed by atoms with E-state index >= 15 is 0 Å². The van der Waals surface area contributed by atoms with E-state index in [1.54, 1.807) is 24.5 Å². The number of halogens is 1. The number of nitrogens with zero attached hydrogens (tertiary/aromatic N) is 1. The molecule has 5 heteroatoms. The lowest BCUT2D eigenvalue weighted by Gasteiger charge is -2.17. The molecule has 2 rings (SSSR count). The summed E-state index contributed by atoms with van der Waals surface area (Å²) in [7, 11) is 0. The number of benzene rings is 1. The summed E-state index contributed by atoms with van der Waals surface area (Å²) in [5, 5.41) is 6.66. The second-order valence-electron chi connectivity index (χ2n) is 4.11. The minimum Gasteiger partial charge on any atom is -0.356 e. The van der Waals surface area contributed by atoms with Crippen LogP contribution >= 0.6 is 12.2 Å². The molecule has 1 aromatic carbocycles. The fourth-order valence-corrected chi connectivity index (χ4v) is 1.93. The molecule has 0 saturated heterocycles. The van der Waals surface area contributed by atoms with Crippen molar-refractivity contribution >= 4 is 23.0 Å². The molecule has 0 aliphatic carbocycles. The molecule has 0 aliphatic heterocycles. The molecular weight excluding hydrogens is 261 g/mol. The molecule has 2 aromatic rings.